The zero-order valence-corrected chi connectivity index (χ0v) is 52.9. The molecule has 460 valence electrons. The lowest BCUT2D eigenvalue weighted by Crippen LogP contribution is -2.58. The number of nitrogens with zero attached hydrogens (tertiary/aromatic N) is 7. The third kappa shape index (κ3) is 14.8. The summed E-state index contributed by atoms with van der Waals surface area (Å²) >= 11 is 8.56. The maximum Gasteiger partial charge on any atom is 0.319 e. The molecule has 4 atom stereocenters. The van der Waals surface area contributed by atoms with E-state index in [0.717, 1.165) is 53.0 Å². The molecule has 0 unspecified atom stereocenters. The van der Waals surface area contributed by atoms with Crippen LogP contribution in [0.1, 0.15) is 112 Å². The number of carbonyl (C=O) groups excluding carboxylic acids is 4. The first-order valence-electron chi connectivity index (χ1n) is 30.0. The van der Waals surface area contributed by atoms with Gasteiger partial charge >= 0.3 is 6.01 Å². The zero-order valence-electron chi connectivity index (χ0n) is 51.3. The van der Waals surface area contributed by atoms with Crippen LogP contribution in [0.2, 0.25) is 5.02 Å². The number of piperazine rings is 1. The van der Waals surface area contributed by atoms with E-state index >= 15 is 4.39 Å². The van der Waals surface area contributed by atoms with Gasteiger partial charge in [-0.15, -0.1) is 11.3 Å². The van der Waals surface area contributed by atoms with E-state index in [2.05, 4.69) is 40.9 Å². The Balaban J connectivity index is 0.759. The first-order valence-corrected chi connectivity index (χ1v) is 31.2. The van der Waals surface area contributed by atoms with Gasteiger partial charge in [-0.05, 0) is 157 Å². The van der Waals surface area contributed by atoms with Crippen LogP contribution < -0.4 is 20.3 Å². The summed E-state index contributed by atoms with van der Waals surface area (Å²) in [6.45, 7) is 27.8. The number of thiazole rings is 1. The quantitative estimate of drug-likeness (QED) is 0.0577. The molecule has 2 aromatic heterocycles. The molecule has 3 aliphatic rings. The summed E-state index contributed by atoms with van der Waals surface area (Å²) in [6, 6.07) is 18.5. The van der Waals surface area contributed by atoms with Gasteiger partial charge in [0, 0.05) is 50.2 Å². The summed E-state index contributed by atoms with van der Waals surface area (Å²) in [5.74, 6) is -1.08. The number of rotatable bonds is 21. The van der Waals surface area contributed by atoms with E-state index in [-0.39, 0.29) is 70.3 Å². The molecule has 5 heterocycles. The van der Waals surface area contributed by atoms with Gasteiger partial charge in [0.1, 0.15) is 41.9 Å². The Labute approximate surface area is 513 Å². The van der Waals surface area contributed by atoms with Crippen molar-refractivity contribution in [3.8, 4) is 33.3 Å². The van der Waals surface area contributed by atoms with Crippen molar-refractivity contribution in [1.29, 1.82) is 0 Å². The van der Waals surface area contributed by atoms with Crippen LogP contribution in [0, 0.1) is 24.1 Å². The molecule has 4 aromatic carbocycles. The average Bonchev–Trinajstić information content (AvgIpc) is 1.35. The van der Waals surface area contributed by atoms with Gasteiger partial charge in [0.15, 0.2) is 5.82 Å². The SMILES string of the molecule is C=CC(=O)N1CCN(c2nc(O[C@H](C)CN3CCC(C(C)(C)OCCC(C)(C)OCC(=O)N[C@H](C(=O)N4CCC[C@H]4C(=O)N[C@@H](C)c4ccc(-c5scnc5C)cc4)C(C)(C)C)CC3)nc3c(F)c(-c4cc(O)cc5ccccc45)c(Cl)cc23)CC1. The molecule has 0 radical (unpaired) electrons. The van der Waals surface area contributed by atoms with Crippen molar-refractivity contribution in [2.24, 2.45) is 11.3 Å². The third-order valence-electron chi connectivity index (χ3n) is 17.2. The highest BCUT2D eigenvalue weighted by Gasteiger charge is 2.43. The summed E-state index contributed by atoms with van der Waals surface area (Å²) in [5.41, 5.74) is 3.57. The molecule has 20 heteroatoms. The van der Waals surface area contributed by atoms with Crippen LogP contribution in [0.3, 0.4) is 0 Å². The number of nitrogens with one attached hydrogen (secondary N) is 2. The van der Waals surface area contributed by atoms with Crippen molar-refractivity contribution in [3.63, 3.8) is 0 Å². The Morgan fingerprint density at radius 1 is 0.884 bits per heavy atom. The number of fused-ring (bicyclic) bond motifs is 2. The van der Waals surface area contributed by atoms with Crippen LogP contribution in [-0.2, 0) is 28.7 Å². The second-order valence-electron chi connectivity index (χ2n) is 25.4. The second-order valence-corrected chi connectivity index (χ2v) is 26.7. The van der Waals surface area contributed by atoms with Crippen molar-refractivity contribution in [1.82, 2.24) is 40.3 Å². The van der Waals surface area contributed by atoms with Crippen LogP contribution in [0.15, 0.2) is 84.9 Å². The number of hydrogen-bond acceptors (Lipinski definition) is 14. The standard InChI is InChI=1S/C66H83ClFN9O8S/c1-12-54(80)75-29-31-76(32-30-75)60-50-36-51(67)55(49-35-47(78)34-45-16-13-14-17-48(45)49)56(68)57(50)72-63(73-60)85-40(2)37-74-27-23-46(24-28-74)66(10,11)83-33-25-65(8,9)84-38-53(79)71-59(64(5,6)7)62(82)77-26-15-18-52(77)61(81)70-41(3)43-19-21-44(22-20-43)58-42(4)69-39-86-58/h12-14,16-17,19-22,34-36,39-41,46,52,59,78H,1,15,18,23-33,37-38H2,2-11H3,(H,70,81)(H,71,79)/t40-,41+,52+,59-/m1/s1. The number of phenolic OH excluding ortho intramolecular Hbond substituents is 1. The number of carbonyl (C=O) groups is 4. The minimum absolute atomic E-state index is 0.0135. The largest absolute Gasteiger partial charge is 0.508 e. The Hall–Kier alpha value is -6.77. The van der Waals surface area contributed by atoms with Gasteiger partial charge in [-0.25, -0.2) is 9.37 Å². The number of likely N-dealkylation sites (tertiary alicyclic amines) is 2. The zero-order chi connectivity index (χ0) is 61.8. The van der Waals surface area contributed by atoms with Gasteiger partial charge in [0.05, 0.1) is 45.0 Å². The maximum atomic E-state index is 17.3. The Bertz CT molecular complexity index is 3450. The number of halogens is 2. The highest BCUT2D eigenvalue weighted by atomic mass is 35.5. The molecule has 3 saturated heterocycles. The number of hydrogen-bond donors (Lipinski definition) is 3. The van der Waals surface area contributed by atoms with E-state index in [1.165, 1.54) is 12.1 Å². The molecule has 0 spiro atoms. The van der Waals surface area contributed by atoms with Gasteiger partial charge in [0.25, 0.3) is 0 Å². The number of phenols is 1. The van der Waals surface area contributed by atoms with Crippen molar-refractivity contribution >= 4 is 74.1 Å². The van der Waals surface area contributed by atoms with Gasteiger partial charge in [-0.1, -0.05) is 87.5 Å². The van der Waals surface area contributed by atoms with Crippen LogP contribution in [-0.4, -0.2) is 153 Å². The molecule has 4 amide bonds. The van der Waals surface area contributed by atoms with Gasteiger partial charge in [0.2, 0.25) is 23.6 Å². The summed E-state index contributed by atoms with van der Waals surface area (Å²) in [4.78, 5) is 77.0. The number of aryl methyl sites for hydroxylation is 1. The fourth-order valence-corrected chi connectivity index (χ4v) is 13.2. The van der Waals surface area contributed by atoms with Crippen LogP contribution in [0.25, 0.3) is 43.2 Å². The molecule has 0 saturated carbocycles. The van der Waals surface area contributed by atoms with Crippen LogP contribution in [0.5, 0.6) is 11.8 Å². The minimum atomic E-state index is -0.885. The summed E-state index contributed by atoms with van der Waals surface area (Å²) in [7, 11) is 0. The first-order chi connectivity index (χ1) is 40.8. The Morgan fingerprint density at radius 2 is 1.59 bits per heavy atom. The minimum Gasteiger partial charge on any atom is -0.508 e. The molecule has 3 N–H and O–H groups in total. The molecule has 9 rings (SSSR count). The topological polar surface area (TPSA) is 192 Å². The van der Waals surface area contributed by atoms with E-state index in [1.54, 1.807) is 33.3 Å². The normalized spacial score (nSPS) is 17.6. The van der Waals surface area contributed by atoms with Crippen LogP contribution in [0.4, 0.5) is 10.2 Å². The number of aromatic nitrogens is 3. The highest BCUT2D eigenvalue weighted by Crippen LogP contribution is 2.43. The lowest BCUT2D eigenvalue weighted by atomic mass is 9.82. The highest BCUT2D eigenvalue weighted by molar-refractivity contribution is 7.13. The van der Waals surface area contributed by atoms with Crippen molar-refractivity contribution in [2.75, 3.05) is 70.5 Å². The lowest BCUT2D eigenvalue weighted by Gasteiger charge is -2.41. The van der Waals surface area contributed by atoms with Crippen molar-refractivity contribution in [3.05, 3.63) is 107 Å². The number of piperidine rings is 1. The van der Waals surface area contributed by atoms with E-state index in [4.69, 9.17) is 35.8 Å². The third-order valence-corrected chi connectivity index (χ3v) is 18.5. The number of amides is 4. The van der Waals surface area contributed by atoms with E-state index in [0.29, 0.717) is 87.3 Å². The maximum absolute atomic E-state index is 17.3. The average molecular weight is 1220 g/mol. The van der Waals surface area contributed by atoms with Gasteiger partial charge in [-0.2, -0.15) is 9.97 Å². The van der Waals surface area contributed by atoms with E-state index in [1.807, 2.05) is 114 Å². The Morgan fingerprint density at radius 3 is 2.27 bits per heavy atom. The predicted molar refractivity (Wildman–Crippen MR) is 337 cm³/mol. The molecule has 6 aromatic rings. The second kappa shape index (κ2) is 26.7. The number of ether oxygens (including phenoxy) is 3. The molecular formula is C66H83ClFN9O8S. The molecule has 0 bridgehead atoms. The molecule has 3 aliphatic heterocycles. The summed E-state index contributed by atoms with van der Waals surface area (Å²) in [5, 5.41) is 18.8. The monoisotopic (exact) mass is 1220 g/mol. The molecule has 86 heavy (non-hydrogen) atoms. The van der Waals surface area contributed by atoms with Crippen molar-refractivity contribution < 1.29 is 42.9 Å². The number of benzene rings is 4. The smallest absolute Gasteiger partial charge is 0.319 e. The summed E-state index contributed by atoms with van der Waals surface area (Å²) in [6.07, 6.45) is 4.42. The first kappa shape index (κ1) is 63.7. The molecule has 17 nitrogen and oxygen atoms in total. The van der Waals surface area contributed by atoms with E-state index in [9.17, 15) is 24.3 Å². The van der Waals surface area contributed by atoms with Gasteiger partial charge in [-0.3, -0.25) is 24.1 Å². The molecular weight excluding hydrogens is 1130 g/mol. The Kier molecular flexibility index (Phi) is 19.8. The summed E-state index contributed by atoms with van der Waals surface area (Å²) < 4.78 is 36.5. The molecule has 0 aliphatic carbocycles. The fraction of sp³-hybridized carbons (Fsp3) is 0.500. The predicted octanol–water partition coefficient (Wildman–Crippen LogP) is 11.1. The van der Waals surface area contributed by atoms with Crippen LogP contribution >= 0.6 is 22.9 Å². The van der Waals surface area contributed by atoms with Gasteiger partial charge < -0.3 is 44.7 Å². The lowest BCUT2D eigenvalue weighted by molar-refractivity contribution is -0.146. The number of anilines is 1. The fourth-order valence-electron chi connectivity index (χ4n) is 12.1. The van der Waals surface area contributed by atoms with Crippen molar-refractivity contribution in [2.45, 2.75) is 137 Å². The van der Waals surface area contributed by atoms with E-state index < -0.39 is 40.4 Å². The molecule has 3 fully saturated rings. The number of aromatic hydroxyl groups is 1.